The smallest absolute Gasteiger partial charge is 0.332 e. The Balaban J connectivity index is 1.71. The fourth-order valence-electron chi connectivity index (χ4n) is 3.63. The van der Waals surface area contributed by atoms with Crippen LogP contribution in [0.5, 0.6) is 5.75 Å². The number of carbonyl (C=O) groups is 3. The number of ketones is 1. The highest BCUT2D eigenvalue weighted by Crippen LogP contribution is 2.24. The molecule has 1 atom stereocenters. The van der Waals surface area contributed by atoms with E-state index in [1.807, 2.05) is 41.3 Å². The average molecular weight is 453 g/mol. The largest absolute Gasteiger partial charge is 0.478 e. The summed E-state index contributed by atoms with van der Waals surface area (Å²) in [7, 11) is 0. The molecule has 0 aromatic heterocycles. The number of hydrogen-bond donors (Lipinski definition) is 2. The highest BCUT2D eigenvalue weighted by atomic mass is 19.1. The van der Waals surface area contributed by atoms with Gasteiger partial charge < -0.3 is 14.9 Å². The molecule has 3 rings (SSSR count). The van der Waals surface area contributed by atoms with E-state index >= 15 is 0 Å². The van der Waals surface area contributed by atoms with Crippen molar-refractivity contribution in [3.8, 4) is 5.75 Å². The molecule has 8 heteroatoms. The summed E-state index contributed by atoms with van der Waals surface area (Å²) in [5.74, 6) is -3.64. The maximum atomic E-state index is 13.3. The number of rotatable bonds is 10. The van der Waals surface area contributed by atoms with Gasteiger partial charge in [-0.3, -0.25) is 9.69 Å². The maximum Gasteiger partial charge on any atom is 0.332 e. The molecule has 0 amide bonds. The van der Waals surface area contributed by atoms with E-state index in [0.29, 0.717) is 32.1 Å². The van der Waals surface area contributed by atoms with Gasteiger partial charge in [-0.05, 0) is 55.4 Å². The molecule has 0 bridgehead atoms. The Bertz CT molecular complexity index is 1060. The van der Waals surface area contributed by atoms with Gasteiger partial charge in [0.25, 0.3) is 0 Å². The minimum absolute atomic E-state index is 0.102. The Morgan fingerprint density at radius 3 is 2.33 bits per heavy atom. The van der Waals surface area contributed by atoms with Crippen molar-refractivity contribution in [3.05, 3.63) is 89.5 Å². The number of Topliss-reactive ketones (excluding diaryl/α,β-unsaturated/α-hetero) is 1. The summed E-state index contributed by atoms with van der Waals surface area (Å²) in [4.78, 5) is 38.0. The Labute approximate surface area is 190 Å². The van der Waals surface area contributed by atoms with Crippen LogP contribution in [0.25, 0.3) is 0 Å². The number of carboxylic acid groups (broad SMARTS) is 2. The van der Waals surface area contributed by atoms with E-state index in [4.69, 9.17) is 9.84 Å². The van der Waals surface area contributed by atoms with Gasteiger partial charge in [0.15, 0.2) is 5.78 Å². The molecule has 2 aromatic rings. The third kappa shape index (κ3) is 6.85. The van der Waals surface area contributed by atoms with Gasteiger partial charge in [0.05, 0.1) is 11.5 Å². The minimum atomic E-state index is -1.48. The van der Waals surface area contributed by atoms with Crippen LogP contribution in [0.15, 0.2) is 78.1 Å². The van der Waals surface area contributed by atoms with Crippen LogP contribution in [0.1, 0.15) is 23.2 Å². The van der Waals surface area contributed by atoms with Crippen molar-refractivity contribution in [2.75, 3.05) is 19.6 Å². The Kier molecular flexibility index (Phi) is 8.10. The maximum absolute atomic E-state index is 13.3. The monoisotopic (exact) mass is 453 g/mol. The molecule has 1 aliphatic heterocycles. The number of para-hydroxylation sites is 1. The van der Waals surface area contributed by atoms with E-state index in [9.17, 15) is 23.9 Å². The quantitative estimate of drug-likeness (QED) is 0.417. The number of ether oxygens (including phenoxy) is 1. The average Bonchev–Trinajstić information content (AvgIpc) is 2.80. The summed E-state index contributed by atoms with van der Waals surface area (Å²) >= 11 is 0. The first kappa shape index (κ1) is 23.9. The lowest BCUT2D eigenvalue weighted by molar-refractivity contribution is -0.135. The molecule has 172 valence electrons. The molecular weight excluding hydrogens is 429 g/mol. The molecule has 0 fully saturated rings. The summed E-state index contributed by atoms with van der Waals surface area (Å²) in [6, 6.07) is 14.1. The summed E-state index contributed by atoms with van der Waals surface area (Å²) in [6.45, 7) is 1.56. The van der Waals surface area contributed by atoms with Crippen molar-refractivity contribution in [1.29, 1.82) is 0 Å². The van der Waals surface area contributed by atoms with Gasteiger partial charge in [-0.15, -0.1) is 0 Å². The number of carbonyl (C=O) groups excluding carboxylic acids is 1. The van der Waals surface area contributed by atoms with Gasteiger partial charge >= 0.3 is 11.9 Å². The lowest BCUT2D eigenvalue weighted by Gasteiger charge is -2.27. The Hall–Kier alpha value is -3.78. The molecule has 1 unspecified atom stereocenters. The molecule has 33 heavy (non-hydrogen) atoms. The first-order chi connectivity index (χ1) is 15.8. The van der Waals surface area contributed by atoms with Gasteiger partial charge in [0, 0.05) is 31.1 Å². The Morgan fingerprint density at radius 1 is 1.06 bits per heavy atom. The van der Waals surface area contributed by atoms with Crippen LogP contribution >= 0.6 is 0 Å². The van der Waals surface area contributed by atoms with Crippen molar-refractivity contribution in [1.82, 2.24) is 4.90 Å². The predicted octanol–water partition coefficient (Wildman–Crippen LogP) is 3.78. The first-order valence-electron chi connectivity index (χ1n) is 10.5. The van der Waals surface area contributed by atoms with Gasteiger partial charge in [0.2, 0.25) is 0 Å². The zero-order valence-corrected chi connectivity index (χ0v) is 17.8. The van der Waals surface area contributed by atoms with E-state index < -0.39 is 35.0 Å². The van der Waals surface area contributed by atoms with Crippen molar-refractivity contribution in [3.63, 3.8) is 0 Å². The SMILES string of the molecule is O=C(O)C=C(C(=O)O)C(CCN1CC=C(Oc2ccccc2)CC1)C(=O)c1ccc(F)cc1. The number of nitrogens with zero attached hydrogens (tertiary/aromatic N) is 1. The van der Waals surface area contributed by atoms with Crippen LogP contribution in [-0.4, -0.2) is 52.5 Å². The zero-order chi connectivity index (χ0) is 23.8. The minimum Gasteiger partial charge on any atom is -0.478 e. The van der Waals surface area contributed by atoms with Crippen LogP contribution in [0, 0.1) is 11.7 Å². The van der Waals surface area contributed by atoms with Crippen molar-refractivity contribution in [2.45, 2.75) is 12.8 Å². The van der Waals surface area contributed by atoms with Crippen LogP contribution < -0.4 is 4.74 Å². The summed E-state index contributed by atoms with van der Waals surface area (Å²) < 4.78 is 19.1. The van der Waals surface area contributed by atoms with E-state index in [1.54, 1.807) is 0 Å². The lowest BCUT2D eigenvalue weighted by atomic mass is 9.87. The van der Waals surface area contributed by atoms with Crippen LogP contribution in [-0.2, 0) is 9.59 Å². The fraction of sp³-hybridized carbons (Fsp3) is 0.240. The standard InChI is InChI=1S/C25H24FNO6/c26-18-8-6-17(7-9-18)24(30)21(22(25(31)32)16-23(28)29)12-15-27-13-10-20(11-14-27)33-19-4-2-1-3-5-19/h1-10,16,21H,11-15H2,(H,28,29)(H,31,32). The highest BCUT2D eigenvalue weighted by Gasteiger charge is 2.30. The molecule has 0 radical (unpaired) electrons. The number of aliphatic carboxylic acids is 2. The van der Waals surface area contributed by atoms with Gasteiger partial charge in [0.1, 0.15) is 17.3 Å². The van der Waals surface area contributed by atoms with Crippen molar-refractivity contribution in [2.24, 2.45) is 5.92 Å². The van der Waals surface area contributed by atoms with Crippen LogP contribution in [0.3, 0.4) is 0 Å². The zero-order valence-electron chi connectivity index (χ0n) is 17.8. The van der Waals surface area contributed by atoms with E-state index in [1.165, 1.54) is 12.1 Å². The molecule has 0 spiro atoms. The summed E-state index contributed by atoms with van der Waals surface area (Å²) in [5.41, 5.74) is -0.381. The molecule has 7 nitrogen and oxygen atoms in total. The molecule has 1 heterocycles. The Morgan fingerprint density at radius 2 is 1.76 bits per heavy atom. The molecule has 1 aliphatic rings. The van der Waals surface area contributed by atoms with Gasteiger partial charge in [-0.1, -0.05) is 18.2 Å². The third-order valence-corrected chi connectivity index (χ3v) is 5.32. The highest BCUT2D eigenvalue weighted by molar-refractivity contribution is 6.07. The molecule has 0 saturated heterocycles. The normalized spacial score (nSPS) is 15.4. The second kappa shape index (κ2) is 11.2. The van der Waals surface area contributed by atoms with Crippen molar-refractivity contribution >= 4 is 17.7 Å². The van der Waals surface area contributed by atoms with Gasteiger partial charge in [-0.2, -0.15) is 0 Å². The lowest BCUT2D eigenvalue weighted by Crippen LogP contribution is -2.34. The molecular formula is C25H24FNO6. The third-order valence-electron chi connectivity index (χ3n) is 5.32. The molecule has 2 aromatic carbocycles. The van der Waals surface area contributed by atoms with E-state index in [-0.39, 0.29) is 12.0 Å². The fourth-order valence-corrected chi connectivity index (χ4v) is 3.63. The molecule has 0 saturated carbocycles. The number of hydrogen-bond acceptors (Lipinski definition) is 5. The summed E-state index contributed by atoms with van der Waals surface area (Å²) in [5, 5.41) is 18.7. The van der Waals surface area contributed by atoms with E-state index in [0.717, 1.165) is 23.6 Å². The van der Waals surface area contributed by atoms with Crippen molar-refractivity contribution < 1.29 is 33.7 Å². The number of benzene rings is 2. The molecule has 0 aliphatic carbocycles. The second-order valence-electron chi connectivity index (χ2n) is 7.59. The number of carboxylic acids is 2. The second-order valence-corrected chi connectivity index (χ2v) is 7.59. The topological polar surface area (TPSA) is 104 Å². The predicted molar refractivity (Wildman–Crippen MR) is 118 cm³/mol. The van der Waals surface area contributed by atoms with Crippen LogP contribution in [0.4, 0.5) is 4.39 Å². The summed E-state index contributed by atoms with van der Waals surface area (Å²) in [6.07, 6.45) is 3.22. The number of halogens is 1. The van der Waals surface area contributed by atoms with Crippen LogP contribution in [0.2, 0.25) is 0 Å². The van der Waals surface area contributed by atoms with E-state index in [2.05, 4.69) is 0 Å². The first-order valence-corrected chi connectivity index (χ1v) is 10.5. The molecule has 2 N–H and O–H groups in total. The van der Waals surface area contributed by atoms with Gasteiger partial charge in [-0.25, -0.2) is 14.0 Å².